The van der Waals surface area contributed by atoms with E-state index in [1.165, 1.54) is 32.1 Å². The first kappa shape index (κ1) is 13.9. The second-order valence-electron chi connectivity index (χ2n) is 6.42. The molecule has 2 N–H and O–H groups in total. The molecule has 3 heteroatoms. The molecule has 0 aromatic rings. The minimum Gasteiger partial charge on any atom is -0.355 e. The van der Waals surface area contributed by atoms with Crippen molar-refractivity contribution in [2.45, 2.75) is 70.9 Å². The summed E-state index contributed by atoms with van der Waals surface area (Å²) in [5.41, 5.74) is 0. The third kappa shape index (κ3) is 3.98. The summed E-state index contributed by atoms with van der Waals surface area (Å²) in [6, 6.07) is 1.18. The van der Waals surface area contributed by atoms with Gasteiger partial charge in [0.1, 0.15) is 0 Å². The minimum atomic E-state index is 0.216. The van der Waals surface area contributed by atoms with Crippen LogP contribution in [0.3, 0.4) is 0 Å². The van der Waals surface area contributed by atoms with Crippen LogP contribution in [0.2, 0.25) is 0 Å². The number of carbonyl (C=O) groups is 1. The Kier molecular flexibility index (Phi) is 5.04. The number of hydrogen-bond acceptors (Lipinski definition) is 2. The molecular formula is C15H28N2O. The van der Waals surface area contributed by atoms with Crippen molar-refractivity contribution in [3.05, 3.63) is 0 Å². The van der Waals surface area contributed by atoms with Crippen molar-refractivity contribution in [2.24, 2.45) is 11.8 Å². The molecule has 1 heterocycles. The van der Waals surface area contributed by atoms with Gasteiger partial charge in [-0.05, 0) is 37.5 Å². The Labute approximate surface area is 111 Å². The van der Waals surface area contributed by atoms with Crippen LogP contribution in [0.4, 0.5) is 0 Å². The summed E-state index contributed by atoms with van der Waals surface area (Å²) in [4.78, 5) is 11.1. The summed E-state index contributed by atoms with van der Waals surface area (Å²) in [7, 11) is 0. The van der Waals surface area contributed by atoms with E-state index in [9.17, 15) is 4.79 Å². The molecule has 3 unspecified atom stereocenters. The van der Waals surface area contributed by atoms with Crippen LogP contribution in [0.25, 0.3) is 0 Å². The highest BCUT2D eigenvalue weighted by Gasteiger charge is 2.24. The molecule has 1 aliphatic carbocycles. The lowest BCUT2D eigenvalue weighted by Crippen LogP contribution is -2.49. The molecule has 0 aromatic heterocycles. The van der Waals surface area contributed by atoms with Crippen molar-refractivity contribution in [3.8, 4) is 0 Å². The first-order chi connectivity index (χ1) is 8.65. The Balaban J connectivity index is 1.75. The first-order valence-corrected chi connectivity index (χ1v) is 7.68. The highest BCUT2D eigenvalue weighted by Crippen LogP contribution is 2.29. The smallest absolute Gasteiger partial charge is 0.220 e. The van der Waals surface area contributed by atoms with E-state index in [0.717, 1.165) is 24.8 Å². The normalized spacial score (nSPS) is 34.2. The van der Waals surface area contributed by atoms with Crippen molar-refractivity contribution >= 4 is 5.91 Å². The van der Waals surface area contributed by atoms with Crippen LogP contribution in [-0.2, 0) is 4.79 Å². The number of carbonyl (C=O) groups excluding carboxylic acids is 1. The summed E-state index contributed by atoms with van der Waals surface area (Å²) in [6.07, 6.45) is 8.46. The maximum atomic E-state index is 11.1. The molecule has 2 aliphatic rings. The average Bonchev–Trinajstić information content (AvgIpc) is 2.58. The highest BCUT2D eigenvalue weighted by atomic mass is 16.1. The summed E-state index contributed by atoms with van der Waals surface area (Å²) >= 11 is 0. The topological polar surface area (TPSA) is 41.1 Å². The fraction of sp³-hybridized carbons (Fsp3) is 0.933. The molecule has 1 saturated carbocycles. The largest absolute Gasteiger partial charge is 0.355 e. The van der Waals surface area contributed by atoms with Crippen LogP contribution in [0.5, 0.6) is 0 Å². The van der Waals surface area contributed by atoms with E-state index in [-0.39, 0.29) is 5.91 Å². The van der Waals surface area contributed by atoms with Crippen LogP contribution >= 0.6 is 0 Å². The van der Waals surface area contributed by atoms with E-state index in [4.69, 9.17) is 0 Å². The molecule has 1 aliphatic heterocycles. The molecule has 3 nitrogen and oxygen atoms in total. The number of nitrogens with one attached hydrogen (secondary N) is 2. The predicted octanol–water partition coefficient (Wildman–Crippen LogP) is 2.46. The molecule has 1 saturated heterocycles. The molecule has 0 spiro atoms. The molecule has 104 valence electrons. The Morgan fingerprint density at radius 1 is 1.11 bits per heavy atom. The molecule has 2 rings (SSSR count). The maximum Gasteiger partial charge on any atom is 0.220 e. The van der Waals surface area contributed by atoms with Gasteiger partial charge in [-0.2, -0.15) is 0 Å². The van der Waals surface area contributed by atoms with Crippen molar-refractivity contribution < 1.29 is 4.79 Å². The van der Waals surface area contributed by atoms with Gasteiger partial charge in [-0.15, -0.1) is 0 Å². The molecule has 1 amide bonds. The van der Waals surface area contributed by atoms with Crippen molar-refractivity contribution in [1.82, 2.24) is 10.6 Å². The minimum absolute atomic E-state index is 0.216. The van der Waals surface area contributed by atoms with Gasteiger partial charge in [0, 0.05) is 25.0 Å². The zero-order valence-corrected chi connectivity index (χ0v) is 11.9. The molecule has 2 fully saturated rings. The maximum absolute atomic E-state index is 11.1. The number of rotatable bonds is 3. The Bertz CT molecular complexity index is 268. The van der Waals surface area contributed by atoms with E-state index < -0.39 is 0 Å². The number of hydrogen-bond donors (Lipinski definition) is 2. The van der Waals surface area contributed by atoms with Crippen molar-refractivity contribution in [3.63, 3.8) is 0 Å². The predicted molar refractivity (Wildman–Crippen MR) is 74.4 cm³/mol. The monoisotopic (exact) mass is 252 g/mol. The molecule has 0 bridgehead atoms. The Morgan fingerprint density at radius 3 is 2.61 bits per heavy atom. The van der Waals surface area contributed by atoms with Gasteiger partial charge in [-0.3, -0.25) is 4.79 Å². The fourth-order valence-electron chi connectivity index (χ4n) is 3.37. The fourth-order valence-corrected chi connectivity index (χ4v) is 3.37. The second kappa shape index (κ2) is 6.55. The van der Waals surface area contributed by atoms with Gasteiger partial charge in [-0.1, -0.05) is 26.7 Å². The molecule has 0 aromatic carbocycles. The summed E-state index contributed by atoms with van der Waals surface area (Å²) in [5.74, 6) is 1.97. The highest BCUT2D eigenvalue weighted by molar-refractivity contribution is 5.76. The summed E-state index contributed by atoms with van der Waals surface area (Å²) in [6.45, 7) is 5.53. The molecule has 3 atom stereocenters. The molecule has 18 heavy (non-hydrogen) atoms. The van der Waals surface area contributed by atoms with Gasteiger partial charge in [0.05, 0.1) is 0 Å². The van der Waals surface area contributed by atoms with E-state index in [2.05, 4.69) is 24.5 Å². The van der Waals surface area contributed by atoms with Crippen LogP contribution in [-0.4, -0.2) is 24.5 Å². The third-order valence-electron chi connectivity index (χ3n) is 4.69. The zero-order valence-electron chi connectivity index (χ0n) is 11.9. The number of amides is 1. The molecule has 0 radical (unpaired) electrons. The average molecular weight is 252 g/mol. The van der Waals surface area contributed by atoms with Gasteiger partial charge in [0.2, 0.25) is 5.91 Å². The lowest BCUT2D eigenvalue weighted by molar-refractivity contribution is -0.122. The van der Waals surface area contributed by atoms with Gasteiger partial charge >= 0.3 is 0 Å². The SMILES string of the molecule is CC(C)C1CCCC(NC2CCC(=O)NC2)CC1. The van der Waals surface area contributed by atoms with E-state index in [1.54, 1.807) is 0 Å². The van der Waals surface area contributed by atoms with Crippen LogP contribution in [0.1, 0.15) is 58.8 Å². The van der Waals surface area contributed by atoms with Gasteiger partial charge in [0.15, 0.2) is 0 Å². The lowest BCUT2D eigenvalue weighted by Gasteiger charge is -2.28. The summed E-state index contributed by atoms with van der Waals surface area (Å²) < 4.78 is 0. The summed E-state index contributed by atoms with van der Waals surface area (Å²) in [5, 5.41) is 6.73. The quantitative estimate of drug-likeness (QED) is 0.758. The van der Waals surface area contributed by atoms with Crippen molar-refractivity contribution in [2.75, 3.05) is 6.54 Å². The van der Waals surface area contributed by atoms with E-state index in [0.29, 0.717) is 18.5 Å². The Hall–Kier alpha value is -0.570. The standard InChI is InChI=1S/C15H28N2O/c1-11(2)12-4-3-5-13(7-6-12)17-14-8-9-15(18)16-10-14/h11-14,17H,3-10H2,1-2H3,(H,16,18). The Morgan fingerprint density at radius 2 is 1.94 bits per heavy atom. The lowest BCUT2D eigenvalue weighted by atomic mass is 9.89. The van der Waals surface area contributed by atoms with Crippen LogP contribution in [0, 0.1) is 11.8 Å². The zero-order chi connectivity index (χ0) is 13.0. The third-order valence-corrected chi connectivity index (χ3v) is 4.69. The van der Waals surface area contributed by atoms with Gasteiger partial charge in [-0.25, -0.2) is 0 Å². The van der Waals surface area contributed by atoms with Crippen molar-refractivity contribution in [1.29, 1.82) is 0 Å². The van der Waals surface area contributed by atoms with Crippen LogP contribution < -0.4 is 10.6 Å². The second-order valence-corrected chi connectivity index (χ2v) is 6.42. The van der Waals surface area contributed by atoms with Gasteiger partial charge < -0.3 is 10.6 Å². The van der Waals surface area contributed by atoms with E-state index in [1.807, 2.05) is 0 Å². The molecular weight excluding hydrogens is 224 g/mol. The number of piperidine rings is 1. The van der Waals surface area contributed by atoms with Gasteiger partial charge in [0.25, 0.3) is 0 Å². The van der Waals surface area contributed by atoms with Crippen LogP contribution in [0.15, 0.2) is 0 Å². The van der Waals surface area contributed by atoms with E-state index >= 15 is 0 Å². The first-order valence-electron chi connectivity index (χ1n) is 7.68.